The molecule has 1 atom stereocenters. The van der Waals surface area contributed by atoms with Crippen LogP contribution in [0.25, 0.3) is 11.1 Å². The maximum absolute atomic E-state index is 12.3. The van der Waals surface area contributed by atoms with E-state index in [2.05, 4.69) is 59.5 Å². The van der Waals surface area contributed by atoms with Crippen LogP contribution >= 0.6 is 0 Å². The second-order valence-corrected chi connectivity index (χ2v) is 9.26. The molecule has 2 N–H and O–H groups in total. The average Bonchev–Trinajstić information content (AvgIpc) is 2.78. The molecule has 0 aliphatic carbocycles. The molecule has 0 spiro atoms. The lowest BCUT2D eigenvalue weighted by Gasteiger charge is -2.53. The smallest absolute Gasteiger partial charge is 0.262 e. The van der Waals surface area contributed by atoms with Crippen LogP contribution in [0.1, 0.15) is 19.4 Å². The summed E-state index contributed by atoms with van der Waals surface area (Å²) in [4.78, 5) is 18.9. The molecule has 1 amide bonds. The fourth-order valence-corrected chi connectivity index (χ4v) is 5.03. The number of rotatable bonds is 4. The highest BCUT2D eigenvalue weighted by Crippen LogP contribution is 2.45. The first-order valence-electron chi connectivity index (χ1n) is 10.9. The number of ether oxygens (including phenoxy) is 1. The zero-order valence-corrected chi connectivity index (χ0v) is 18.9. The largest absolute Gasteiger partial charge is 0.483 e. The van der Waals surface area contributed by atoms with E-state index in [0.717, 1.165) is 46.9 Å². The molecule has 0 bridgehead atoms. The molecule has 0 unspecified atom stereocenters. The first-order chi connectivity index (χ1) is 15.3. The molecule has 3 aliphatic rings. The Morgan fingerprint density at radius 3 is 2.81 bits per heavy atom. The van der Waals surface area contributed by atoms with Crippen molar-refractivity contribution in [2.24, 2.45) is 5.10 Å². The lowest BCUT2D eigenvalue weighted by molar-refractivity contribution is -0.122. The van der Waals surface area contributed by atoms with E-state index in [4.69, 9.17) is 4.74 Å². The minimum absolute atomic E-state index is 0.0103. The number of hydrazone groups is 1. The van der Waals surface area contributed by atoms with Crippen molar-refractivity contribution in [2.75, 3.05) is 43.6 Å². The number of nitrogens with zero attached hydrogens (tertiary/aromatic N) is 4. The predicted molar refractivity (Wildman–Crippen MR) is 125 cm³/mol. The van der Waals surface area contributed by atoms with E-state index in [1.807, 2.05) is 30.0 Å². The first kappa shape index (κ1) is 20.8. The van der Waals surface area contributed by atoms with Crippen molar-refractivity contribution in [1.29, 1.82) is 0 Å². The number of aliphatic hydroxyl groups excluding tert-OH is 1. The molecular formula is C24H29N5O3. The molecule has 8 nitrogen and oxygen atoms in total. The second-order valence-electron chi connectivity index (χ2n) is 9.26. The summed E-state index contributed by atoms with van der Waals surface area (Å²) >= 11 is 0. The Balaban J connectivity index is 1.68. The Morgan fingerprint density at radius 1 is 1.31 bits per heavy atom. The average molecular weight is 436 g/mol. The normalized spacial score (nSPS) is 21.5. The van der Waals surface area contributed by atoms with E-state index in [0.29, 0.717) is 12.4 Å². The number of carbonyl (C=O) groups is 1. The number of nitrogens with one attached hydrogen (secondary N) is 1. The van der Waals surface area contributed by atoms with E-state index < -0.39 is 0 Å². The minimum Gasteiger partial charge on any atom is -0.483 e. The molecular weight excluding hydrogens is 406 g/mol. The number of likely N-dealkylation sites (tertiary alicyclic amines) is 1. The summed E-state index contributed by atoms with van der Waals surface area (Å²) < 4.78 is 6.07. The molecule has 2 aromatic carbocycles. The Bertz CT molecular complexity index is 1110. The number of anilines is 2. The molecule has 5 rings (SSSR count). The van der Waals surface area contributed by atoms with Crippen LogP contribution in [0.5, 0.6) is 5.75 Å². The highest BCUT2D eigenvalue weighted by Gasteiger charge is 2.42. The molecule has 32 heavy (non-hydrogen) atoms. The third-order valence-corrected chi connectivity index (χ3v) is 6.85. The molecule has 1 fully saturated rings. The van der Waals surface area contributed by atoms with Gasteiger partial charge in [-0.3, -0.25) is 4.79 Å². The molecule has 1 saturated heterocycles. The Hall–Kier alpha value is -3.10. The third-order valence-electron chi connectivity index (χ3n) is 6.85. The molecule has 0 saturated carbocycles. The second kappa shape index (κ2) is 7.50. The van der Waals surface area contributed by atoms with Crippen LogP contribution in [0.2, 0.25) is 0 Å². The number of amidine groups is 1. The van der Waals surface area contributed by atoms with Crippen LogP contribution in [0.15, 0.2) is 41.5 Å². The molecule has 3 aliphatic heterocycles. The van der Waals surface area contributed by atoms with Gasteiger partial charge in [-0.05, 0) is 50.2 Å². The van der Waals surface area contributed by atoms with E-state index in [9.17, 15) is 9.90 Å². The Kier molecular flexibility index (Phi) is 4.87. The summed E-state index contributed by atoms with van der Waals surface area (Å²) in [5.41, 5.74) is 7.39. The Morgan fingerprint density at radius 2 is 2.09 bits per heavy atom. The van der Waals surface area contributed by atoms with Gasteiger partial charge >= 0.3 is 0 Å². The van der Waals surface area contributed by atoms with Crippen molar-refractivity contribution >= 4 is 23.1 Å². The predicted octanol–water partition coefficient (Wildman–Crippen LogP) is 2.02. The summed E-state index contributed by atoms with van der Waals surface area (Å²) in [6.07, 6.45) is 0. The molecule has 0 aromatic heterocycles. The molecule has 2 aromatic rings. The van der Waals surface area contributed by atoms with E-state index >= 15 is 0 Å². The van der Waals surface area contributed by atoms with Crippen molar-refractivity contribution in [2.45, 2.75) is 32.0 Å². The summed E-state index contributed by atoms with van der Waals surface area (Å²) in [5, 5.41) is 13.9. The number of benzene rings is 2. The van der Waals surface area contributed by atoms with E-state index in [1.54, 1.807) is 0 Å². The van der Waals surface area contributed by atoms with Crippen LogP contribution in [0.4, 0.5) is 11.4 Å². The van der Waals surface area contributed by atoms with Gasteiger partial charge in [0, 0.05) is 31.4 Å². The number of carbonyl (C=O) groups excluding carboxylic acids is 1. The quantitative estimate of drug-likeness (QED) is 0.765. The van der Waals surface area contributed by atoms with Crippen molar-refractivity contribution in [3.8, 4) is 16.9 Å². The highest BCUT2D eigenvalue weighted by molar-refractivity contribution is 6.10. The van der Waals surface area contributed by atoms with Crippen molar-refractivity contribution in [3.05, 3.63) is 42.0 Å². The van der Waals surface area contributed by atoms with Crippen LogP contribution in [-0.4, -0.2) is 67.1 Å². The number of likely N-dealkylation sites (N-methyl/N-ethyl adjacent to an activating group) is 2. The maximum atomic E-state index is 12.3. The zero-order valence-electron chi connectivity index (χ0n) is 18.9. The summed E-state index contributed by atoms with van der Waals surface area (Å²) in [5.74, 6) is 1.29. The number of hydrogen-bond acceptors (Lipinski definition) is 7. The minimum atomic E-state index is -0.378. The molecule has 0 radical (unpaired) electrons. The fourth-order valence-electron chi connectivity index (χ4n) is 5.03. The van der Waals surface area contributed by atoms with Crippen molar-refractivity contribution < 1.29 is 14.6 Å². The van der Waals surface area contributed by atoms with Gasteiger partial charge < -0.3 is 24.5 Å². The number of hydrogen-bond donors (Lipinski definition) is 2. The standard InChI is InChI=1S/C24H29N5O3/c1-15-23(31)26-25-22-12-32-21-9-18(17-7-5-6-16(8-17)11-30)19(10-20(21)29(15)22)28(4)24(2)13-27(3)14-24/h5-10,15,30H,11-14H2,1-4H3,(H,26,31)/t15-/m1/s1. The van der Waals surface area contributed by atoms with Crippen molar-refractivity contribution in [1.82, 2.24) is 10.3 Å². The van der Waals surface area contributed by atoms with Gasteiger partial charge in [-0.15, -0.1) is 0 Å². The number of amides is 1. The zero-order chi connectivity index (χ0) is 22.6. The van der Waals surface area contributed by atoms with Gasteiger partial charge in [0.05, 0.1) is 17.8 Å². The topological polar surface area (TPSA) is 80.6 Å². The van der Waals surface area contributed by atoms with E-state index in [-0.39, 0.29) is 24.1 Å². The summed E-state index contributed by atoms with van der Waals surface area (Å²) in [7, 11) is 4.25. The monoisotopic (exact) mass is 435 g/mol. The fraction of sp³-hybridized carbons (Fsp3) is 0.417. The first-order valence-corrected chi connectivity index (χ1v) is 10.9. The summed E-state index contributed by atoms with van der Waals surface area (Å²) in [6.45, 7) is 6.35. The highest BCUT2D eigenvalue weighted by atomic mass is 16.5. The number of aliphatic hydroxyl groups is 1. The van der Waals surface area contributed by atoms with Crippen molar-refractivity contribution in [3.63, 3.8) is 0 Å². The third kappa shape index (κ3) is 3.22. The lowest BCUT2D eigenvalue weighted by atomic mass is 9.89. The summed E-state index contributed by atoms with van der Waals surface area (Å²) in [6, 6.07) is 11.7. The van der Waals surface area contributed by atoms with Crippen LogP contribution in [0.3, 0.4) is 0 Å². The molecule has 3 heterocycles. The van der Waals surface area contributed by atoms with Crippen LogP contribution < -0.4 is 20.0 Å². The van der Waals surface area contributed by atoms with Gasteiger partial charge in [0.2, 0.25) is 0 Å². The number of fused-ring (bicyclic) bond motifs is 3. The van der Waals surface area contributed by atoms with Gasteiger partial charge in [0.25, 0.3) is 5.91 Å². The van der Waals surface area contributed by atoms with Gasteiger partial charge in [-0.1, -0.05) is 18.2 Å². The van der Waals surface area contributed by atoms with Crippen LogP contribution in [0, 0.1) is 0 Å². The van der Waals surface area contributed by atoms with Gasteiger partial charge in [-0.2, -0.15) is 5.10 Å². The van der Waals surface area contributed by atoms with Gasteiger partial charge in [-0.25, -0.2) is 5.43 Å². The maximum Gasteiger partial charge on any atom is 0.262 e. The lowest BCUT2D eigenvalue weighted by Crippen LogP contribution is -2.66. The SMILES string of the molecule is C[C@@H]1C(=O)NN=C2COc3cc(-c4cccc(CO)c4)c(N(C)C4(C)CN(C)C4)cc3N21. The van der Waals surface area contributed by atoms with Gasteiger partial charge in [0.15, 0.2) is 5.84 Å². The van der Waals surface area contributed by atoms with Crippen LogP contribution in [-0.2, 0) is 11.4 Å². The van der Waals surface area contributed by atoms with E-state index in [1.165, 1.54) is 0 Å². The Labute approximate surface area is 188 Å². The molecule has 168 valence electrons. The van der Waals surface area contributed by atoms with Gasteiger partial charge in [0.1, 0.15) is 18.4 Å². The molecule has 8 heteroatoms.